The van der Waals surface area contributed by atoms with Gasteiger partial charge in [-0.3, -0.25) is 9.59 Å². The molecule has 4 N–H and O–H groups in total. The molecule has 0 saturated carbocycles. The third-order valence-electron chi connectivity index (χ3n) is 2.14. The Morgan fingerprint density at radius 2 is 1.47 bits per heavy atom. The van der Waals surface area contributed by atoms with Gasteiger partial charge in [0.25, 0.3) is 11.8 Å². The lowest BCUT2D eigenvalue weighted by Gasteiger charge is -2.13. The van der Waals surface area contributed by atoms with Crippen molar-refractivity contribution in [2.75, 3.05) is 12.0 Å². The maximum atomic E-state index is 11.3. The molecule has 0 saturated heterocycles. The van der Waals surface area contributed by atoms with Gasteiger partial charge in [-0.1, -0.05) is 0 Å². The van der Waals surface area contributed by atoms with Crippen molar-refractivity contribution in [1.29, 1.82) is 0 Å². The average molecular weight is 257 g/mol. The molecule has 17 heavy (non-hydrogen) atoms. The van der Waals surface area contributed by atoms with Crippen LogP contribution < -0.4 is 28.2 Å². The Hall–Kier alpha value is -1.85. The lowest BCUT2D eigenvalue weighted by molar-refractivity contribution is -0.119. The molecule has 1 aromatic carbocycles. The predicted molar refractivity (Wildman–Crippen MR) is 60.6 cm³/mol. The van der Waals surface area contributed by atoms with Gasteiger partial charge in [0.05, 0.1) is 12.8 Å². The zero-order valence-electron chi connectivity index (χ0n) is 9.51. The van der Waals surface area contributed by atoms with E-state index in [0.29, 0.717) is 11.4 Å². The third kappa shape index (κ3) is 2.83. The molecule has 0 atom stereocenters. The van der Waals surface area contributed by atoms with E-state index < -0.39 is 0 Å². The van der Waals surface area contributed by atoms with Crippen molar-refractivity contribution in [2.45, 2.75) is 0 Å². The molecule has 2 rings (SSSR count). The largest absolute Gasteiger partial charge is 1.00 e. The minimum Gasteiger partial charge on any atom is -1.00 e. The van der Waals surface area contributed by atoms with Gasteiger partial charge in [0, 0.05) is 12.2 Å². The first-order valence-corrected chi connectivity index (χ1v) is 4.42. The van der Waals surface area contributed by atoms with Crippen LogP contribution in [0.15, 0.2) is 36.4 Å². The van der Waals surface area contributed by atoms with Gasteiger partial charge in [0.2, 0.25) is 0 Å². The fraction of sp³-hybridized carbons (Fsp3) is 0.0909. The van der Waals surface area contributed by atoms with Crippen molar-refractivity contribution in [3.63, 3.8) is 0 Å². The van der Waals surface area contributed by atoms with E-state index in [1.54, 1.807) is 31.4 Å². The van der Waals surface area contributed by atoms with E-state index in [2.05, 4.69) is 0 Å². The topological polar surface area (TPSA) is 83.1 Å². The van der Waals surface area contributed by atoms with E-state index in [9.17, 15) is 9.59 Å². The highest BCUT2D eigenvalue weighted by molar-refractivity contribution is 6.28. The number of amides is 2. The molecule has 0 fully saturated rings. The van der Waals surface area contributed by atoms with Gasteiger partial charge in [-0.25, -0.2) is 4.90 Å². The lowest BCUT2D eigenvalue weighted by atomic mass is 10.3. The van der Waals surface area contributed by atoms with Gasteiger partial charge in [-0.2, -0.15) is 0 Å². The number of carbonyl (C=O) groups is 2. The smallest absolute Gasteiger partial charge is 0.258 e. The molecule has 6 heteroatoms. The van der Waals surface area contributed by atoms with Crippen LogP contribution in [-0.2, 0) is 9.59 Å². The van der Waals surface area contributed by atoms with Crippen molar-refractivity contribution >= 4 is 17.5 Å². The molecule has 1 aliphatic rings. The highest BCUT2D eigenvalue weighted by atomic mass is 35.5. The molecule has 0 aromatic heterocycles. The van der Waals surface area contributed by atoms with Gasteiger partial charge < -0.3 is 23.3 Å². The molecule has 1 aliphatic heterocycles. The molecule has 0 bridgehead atoms. The minimum absolute atomic E-state index is 0. The van der Waals surface area contributed by atoms with Crippen molar-refractivity contribution < 1.29 is 26.7 Å². The molecule has 0 spiro atoms. The molecule has 92 valence electrons. The Morgan fingerprint density at radius 3 is 1.88 bits per heavy atom. The highest BCUT2D eigenvalue weighted by Crippen LogP contribution is 2.21. The number of halogens is 1. The molecular weight excluding hydrogens is 244 g/mol. The standard InChI is InChI=1S/C11H9NO3.ClH.H3N/c1-15-9-4-2-8(3-5-9)12-10(13)6-7-11(12)14;;/h2-7H,1H3;1H;1H3. The van der Waals surface area contributed by atoms with Gasteiger partial charge in [-0.05, 0) is 24.3 Å². The van der Waals surface area contributed by atoms with E-state index in [1.807, 2.05) is 0 Å². The Labute approximate surface area is 105 Å². The maximum absolute atomic E-state index is 11.3. The number of rotatable bonds is 2. The number of methoxy groups -OCH3 is 1. The van der Waals surface area contributed by atoms with Crippen LogP contribution in [0.2, 0.25) is 0 Å². The maximum Gasteiger partial charge on any atom is 0.258 e. The van der Waals surface area contributed by atoms with Crippen LogP contribution in [0, 0.1) is 0 Å². The van der Waals surface area contributed by atoms with Crippen LogP contribution in [0.4, 0.5) is 5.69 Å². The molecule has 0 unspecified atom stereocenters. The highest BCUT2D eigenvalue weighted by Gasteiger charge is 2.24. The second kappa shape index (κ2) is 6.03. The number of nitrogens with zero attached hydrogens (tertiary/aromatic N) is 1. The van der Waals surface area contributed by atoms with E-state index in [4.69, 9.17) is 4.74 Å². The Kier molecular flexibility index (Phi) is 5.37. The number of hydrogen-bond acceptors (Lipinski definition) is 3. The van der Waals surface area contributed by atoms with Crippen LogP contribution in [0.5, 0.6) is 5.75 Å². The number of anilines is 1. The lowest BCUT2D eigenvalue weighted by Crippen LogP contribution is -3.00. The number of imide groups is 1. The number of quaternary nitrogens is 1. The van der Waals surface area contributed by atoms with Crippen molar-refractivity contribution in [1.82, 2.24) is 6.15 Å². The van der Waals surface area contributed by atoms with Crippen molar-refractivity contribution in [3.8, 4) is 5.75 Å². The van der Waals surface area contributed by atoms with Crippen LogP contribution >= 0.6 is 0 Å². The zero-order chi connectivity index (χ0) is 10.8. The summed E-state index contributed by atoms with van der Waals surface area (Å²) in [6.45, 7) is 0. The monoisotopic (exact) mass is 256 g/mol. The molecule has 1 heterocycles. The van der Waals surface area contributed by atoms with E-state index in [0.717, 1.165) is 4.90 Å². The Morgan fingerprint density at radius 1 is 1.00 bits per heavy atom. The Bertz CT molecular complexity index is 425. The van der Waals surface area contributed by atoms with E-state index >= 15 is 0 Å². The second-order valence-electron chi connectivity index (χ2n) is 3.04. The van der Waals surface area contributed by atoms with Gasteiger partial charge in [-0.15, -0.1) is 0 Å². The second-order valence-corrected chi connectivity index (χ2v) is 3.04. The summed E-state index contributed by atoms with van der Waals surface area (Å²) in [4.78, 5) is 23.8. The summed E-state index contributed by atoms with van der Waals surface area (Å²) in [6.07, 6.45) is 2.51. The van der Waals surface area contributed by atoms with E-state index in [1.165, 1.54) is 12.2 Å². The van der Waals surface area contributed by atoms with Crippen LogP contribution in [-0.4, -0.2) is 18.9 Å². The number of benzene rings is 1. The molecule has 1 aromatic rings. The summed E-state index contributed by atoms with van der Waals surface area (Å²) in [5.41, 5.74) is 0.552. The van der Waals surface area contributed by atoms with Crippen LogP contribution in [0.3, 0.4) is 0 Å². The average Bonchev–Trinajstić information content (AvgIpc) is 2.59. The summed E-state index contributed by atoms with van der Waals surface area (Å²) >= 11 is 0. The normalized spacial score (nSPS) is 13.1. The third-order valence-corrected chi connectivity index (χ3v) is 2.14. The zero-order valence-corrected chi connectivity index (χ0v) is 10.3. The minimum atomic E-state index is -0.315. The Balaban J connectivity index is 0.00000128. The number of ether oxygens (including phenoxy) is 1. The van der Waals surface area contributed by atoms with Gasteiger partial charge >= 0.3 is 0 Å². The fourth-order valence-electron chi connectivity index (χ4n) is 1.39. The van der Waals surface area contributed by atoms with Crippen LogP contribution in [0.1, 0.15) is 0 Å². The quantitative estimate of drug-likeness (QED) is 0.654. The predicted octanol–water partition coefficient (Wildman–Crippen LogP) is -1.50. The molecule has 0 radical (unpaired) electrons. The molecule has 5 nitrogen and oxygen atoms in total. The van der Waals surface area contributed by atoms with Crippen molar-refractivity contribution in [2.24, 2.45) is 0 Å². The fourth-order valence-corrected chi connectivity index (χ4v) is 1.39. The van der Waals surface area contributed by atoms with Crippen LogP contribution in [0.25, 0.3) is 0 Å². The summed E-state index contributed by atoms with van der Waals surface area (Å²) < 4.78 is 4.98. The summed E-state index contributed by atoms with van der Waals surface area (Å²) in [6, 6.07) is 6.74. The summed E-state index contributed by atoms with van der Waals surface area (Å²) in [5.74, 6) is 0.0566. The summed E-state index contributed by atoms with van der Waals surface area (Å²) in [7, 11) is 1.56. The number of hydrogen-bond donors (Lipinski definition) is 1. The number of carbonyl (C=O) groups excluding carboxylic acids is 2. The van der Waals surface area contributed by atoms with Gasteiger partial charge in [0.1, 0.15) is 5.75 Å². The first-order chi connectivity index (χ1) is 7.22. The summed E-state index contributed by atoms with van der Waals surface area (Å²) in [5, 5.41) is 0. The van der Waals surface area contributed by atoms with Gasteiger partial charge in [0.15, 0.2) is 0 Å². The van der Waals surface area contributed by atoms with Crippen molar-refractivity contribution in [3.05, 3.63) is 36.4 Å². The molecular formula is C11H13ClN2O3. The SMILES string of the molecule is COc1ccc(N2C(=O)C=CC2=O)cc1.[Cl-].[NH4+]. The van der Waals surface area contributed by atoms with E-state index in [-0.39, 0.29) is 30.4 Å². The first-order valence-electron chi connectivity index (χ1n) is 4.42. The molecule has 2 amide bonds. The molecule has 0 aliphatic carbocycles. The first kappa shape index (κ1) is 15.2.